The molecule has 6 heteroatoms. The molecule has 19 heavy (non-hydrogen) atoms. The number of rotatable bonds is 4. The van der Waals surface area contributed by atoms with Crippen molar-refractivity contribution < 1.29 is 8.42 Å². The topological polar surface area (TPSA) is 59.1 Å². The van der Waals surface area contributed by atoms with Crippen molar-refractivity contribution in [2.75, 3.05) is 4.72 Å². The number of nitrogens with zero attached hydrogens (tertiary/aromatic N) is 1. The van der Waals surface area contributed by atoms with Gasteiger partial charge in [0.05, 0.1) is 5.41 Å². The fourth-order valence-corrected chi connectivity index (χ4v) is 2.35. The fraction of sp³-hybridized carbons (Fsp3) is 0. The second kappa shape index (κ2) is 5.86. The van der Waals surface area contributed by atoms with Crippen LogP contribution in [-0.2, 0) is 10.0 Å². The molecule has 0 unspecified atom stereocenters. The Balaban J connectivity index is 2.13. The van der Waals surface area contributed by atoms with Gasteiger partial charge in [0.25, 0.3) is 10.0 Å². The molecule has 0 aliphatic carbocycles. The van der Waals surface area contributed by atoms with Crippen LogP contribution in [0.25, 0.3) is 6.08 Å². The number of hydrogen-bond donors (Lipinski definition) is 1. The summed E-state index contributed by atoms with van der Waals surface area (Å²) in [5, 5.41) is 1.32. The van der Waals surface area contributed by atoms with Gasteiger partial charge in [-0.25, -0.2) is 13.4 Å². The Morgan fingerprint density at radius 2 is 1.79 bits per heavy atom. The third-order valence-corrected chi connectivity index (χ3v) is 3.40. The van der Waals surface area contributed by atoms with Crippen LogP contribution < -0.4 is 4.72 Å². The summed E-state index contributed by atoms with van der Waals surface area (Å²) in [4.78, 5) is 3.85. The largest absolute Gasteiger partial charge is 0.264 e. The van der Waals surface area contributed by atoms with Crippen molar-refractivity contribution in [3.05, 3.63) is 64.7 Å². The molecule has 0 radical (unpaired) electrons. The van der Waals surface area contributed by atoms with Crippen LogP contribution in [0.2, 0.25) is 5.15 Å². The molecular weight excluding hydrogens is 284 g/mol. The summed E-state index contributed by atoms with van der Waals surface area (Å²) in [5.41, 5.74) is 0.798. The molecule has 4 nitrogen and oxygen atoms in total. The molecule has 0 amide bonds. The summed E-state index contributed by atoms with van der Waals surface area (Å²) < 4.78 is 25.9. The lowest BCUT2D eigenvalue weighted by Crippen LogP contribution is -2.09. The number of pyridine rings is 1. The molecule has 2 aromatic rings. The highest BCUT2D eigenvalue weighted by molar-refractivity contribution is 7.95. The first-order valence-corrected chi connectivity index (χ1v) is 7.36. The quantitative estimate of drug-likeness (QED) is 0.881. The van der Waals surface area contributed by atoms with Gasteiger partial charge in [0, 0.05) is 0 Å². The average molecular weight is 295 g/mol. The monoisotopic (exact) mass is 294 g/mol. The van der Waals surface area contributed by atoms with E-state index in [-0.39, 0.29) is 11.0 Å². The van der Waals surface area contributed by atoms with E-state index in [2.05, 4.69) is 9.71 Å². The number of aromatic nitrogens is 1. The van der Waals surface area contributed by atoms with Gasteiger partial charge in [0.1, 0.15) is 11.0 Å². The van der Waals surface area contributed by atoms with Crippen LogP contribution in [0.3, 0.4) is 0 Å². The first kappa shape index (κ1) is 13.6. The summed E-state index contributed by atoms with van der Waals surface area (Å²) in [6.07, 6.45) is 1.51. The summed E-state index contributed by atoms with van der Waals surface area (Å²) in [7, 11) is -3.60. The minimum Gasteiger partial charge on any atom is -0.264 e. The minimum absolute atomic E-state index is 0.185. The summed E-state index contributed by atoms with van der Waals surface area (Å²) in [6.45, 7) is 0. The van der Waals surface area contributed by atoms with Crippen molar-refractivity contribution in [1.29, 1.82) is 0 Å². The SMILES string of the molecule is O=S(=O)(/C=C/c1ccccc1)Nc1cccc(Cl)n1. The van der Waals surface area contributed by atoms with Crippen LogP contribution in [0, 0.1) is 0 Å². The van der Waals surface area contributed by atoms with Crippen LogP contribution in [0.5, 0.6) is 0 Å². The third-order valence-electron chi connectivity index (χ3n) is 2.20. The zero-order chi connectivity index (χ0) is 13.7. The minimum atomic E-state index is -3.60. The van der Waals surface area contributed by atoms with E-state index in [0.717, 1.165) is 11.0 Å². The number of anilines is 1. The van der Waals surface area contributed by atoms with E-state index in [1.54, 1.807) is 12.1 Å². The third kappa shape index (κ3) is 4.39. The van der Waals surface area contributed by atoms with E-state index in [1.165, 1.54) is 12.1 Å². The maximum Gasteiger partial charge on any atom is 0.256 e. The molecule has 1 aromatic heterocycles. The molecular formula is C13H11ClN2O2S. The van der Waals surface area contributed by atoms with Crippen LogP contribution in [-0.4, -0.2) is 13.4 Å². The van der Waals surface area contributed by atoms with Gasteiger partial charge in [-0.3, -0.25) is 4.72 Å². The van der Waals surface area contributed by atoms with Crippen LogP contribution in [0.1, 0.15) is 5.56 Å². The van der Waals surface area contributed by atoms with E-state index in [4.69, 9.17) is 11.6 Å². The standard InChI is InChI=1S/C13H11ClN2O2S/c14-12-7-4-8-13(15-12)16-19(17,18)10-9-11-5-2-1-3-6-11/h1-10H,(H,15,16)/b10-9+. The smallest absolute Gasteiger partial charge is 0.256 e. The normalized spacial score (nSPS) is 11.6. The van der Waals surface area contributed by atoms with E-state index in [1.807, 2.05) is 30.3 Å². The molecule has 0 aliphatic heterocycles. The Bertz CT molecular complexity index is 685. The Morgan fingerprint density at radius 3 is 2.47 bits per heavy atom. The van der Waals surface area contributed by atoms with Crippen molar-refractivity contribution in [2.24, 2.45) is 0 Å². The first-order valence-electron chi connectivity index (χ1n) is 5.44. The average Bonchev–Trinajstić information content (AvgIpc) is 2.37. The second-order valence-corrected chi connectivity index (χ2v) is 5.66. The number of halogens is 1. The maximum atomic E-state index is 11.8. The van der Waals surface area contributed by atoms with Crippen LogP contribution in [0.4, 0.5) is 5.82 Å². The highest BCUT2D eigenvalue weighted by atomic mass is 35.5. The van der Waals surface area contributed by atoms with E-state index in [9.17, 15) is 8.42 Å². The highest BCUT2D eigenvalue weighted by Crippen LogP contribution is 2.12. The van der Waals surface area contributed by atoms with Gasteiger partial charge in [0.15, 0.2) is 0 Å². The molecule has 1 N–H and O–H groups in total. The molecule has 0 saturated heterocycles. The number of sulfonamides is 1. The van der Waals surface area contributed by atoms with Gasteiger partial charge in [-0.1, -0.05) is 48.0 Å². The molecule has 0 spiro atoms. The lowest BCUT2D eigenvalue weighted by molar-refractivity contribution is 0.609. The summed E-state index contributed by atoms with van der Waals surface area (Å²) >= 11 is 5.68. The van der Waals surface area contributed by atoms with Crippen molar-refractivity contribution >= 4 is 33.5 Å². The van der Waals surface area contributed by atoms with Crippen molar-refractivity contribution in [2.45, 2.75) is 0 Å². The molecule has 0 atom stereocenters. The molecule has 0 aliphatic rings. The van der Waals surface area contributed by atoms with E-state index >= 15 is 0 Å². The maximum absolute atomic E-state index is 11.8. The lowest BCUT2D eigenvalue weighted by Gasteiger charge is -2.03. The van der Waals surface area contributed by atoms with Gasteiger partial charge < -0.3 is 0 Å². The predicted octanol–water partition coefficient (Wildman–Crippen LogP) is 3.15. The Labute approximate surface area is 116 Å². The number of hydrogen-bond acceptors (Lipinski definition) is 3. The zero-order valence-electron chi connectivity index (χ0n) is 9.82. The van der Waals surface area contributed by atoms with Gasteiger partial charge >= 0.3 is 0 Å². The van der Waals surface area contributed by atoms with Gasteiger partial charge in [0.2, 0.25) is 0 Å². The molecule has 0 fully saturated rings. The van der Waals surface area contributed by atoms with Gasteiger partial charge in [-0.15, -0.1) is 0 Å². The van der Waals surface area contributed by atoms with Crippen LogP contribution >= 0.6 is 11.6 Å². The second-order valence-electron chi connectivity index (χ2n) is 3.71. The zero-order valence-corrected chi connectivity index (χ0v) is 11.4. The highest BCUT2D eigenvalue weighted by Gasteiger charge is 2.06. The Kier molecular flexibility index (Phi) is 4.19. The lowest BCUT2D eigenvalue weighted by atomic mass is 10.2. The Morgan fingerprint density at radius 1 is 1.05 bits per heavy atom. The van der Waals surface area contributed by atoms with Gasteiger partial charge in [-0.2, -0.15) is 0 Å². The number of nitrogens with one attached hydrogen (secondary N) is 1. The molecule has 98 valence electrons. The van der Waals surface area contributed by atoms with E-state index in [0.29, 0.717) is 0 Å². The van der Waals surface area contributed by atoms with Crippen molar-refractivity contribution in [1.82, 2.24) is 4.98 Å². The van der Waals surface area contributed by atoms with E-state index < -0.39 is 10.0 Å². The molecule has 1 aromatic carbocycles. The summed E-state index contributed by atoms with van der Waals surface area (Å²) in [6, 6.07) is 13.9. The number of benzene rings is 1. The molecule has 2 rings (SSSR count). The Hall–Kier alpha value is -1.85. The van der Waals surface area contributed by atoms with Gasteiger partial charge in [-0.05, 0) is 23.8 Å². The van der Waals surface area contributed by atoms with Crippen molar-refractivity contribution in [3.8, 4) is 0 Å². The van der Waals surface area contributed by atoms with Crippen LogP contribution in [0.15, 0.2) is 53.9 Å². The molecule has 0 bridgehead atoms. The van der Waals surface area contributed by atoms with Crippen molar-refractivity contribution in [3.63, 3.8) is 0 Å². The summed E-state index contributed by atoms with van der Waals surface area (Å²) in [5.74, 6) is 0.185. The first-order chi connectivity index (χ1) is 9.05. The predicted molar refractivity (Wildman–Crippen MR) is 77.3 cm³/mol. The fourth-order valence-electron chi connectivity index (χ4n) is 1.38. The molecule has 0 saturated carbocycles. The molecule has 1 heterocycles.